The van der Waals surface area contributed by atoms with Crippen molar-refractivity contribution in [1.82, 2.24) is 4.90 Å². The van der Waals surface area contributed by atoms with Gasteiger partial charge >= 0.3 is 0 Å². The molecular weight excluding hydrogens is 224 g/mol. The van der Waals surface area contributed by atoms with Gasteiger partial charge < -0.3 is 10.6 Å². The summed E-state index contributed by atoms with van der Waals surface area (Å²) in [6, 6.07) is 6.81. The summed E-state index contributed by atoms with van der Waals surface area (Å²) < 4.78 is 23.9. The molecule has 0 unspecified atom stereocenters. The van der Waals surface area contributed by atoms with Crippen molar-refractivity contribution in [3.05, 3.63) is 29.8 Å². The molecule has 0 bridgehead atoms. The number of benzene rings is 1. The van der Waals surface area contributed by atoms with Crippen molar-refractivity contribution in [2.45, 2.75) is 11.4 Å². The molecule has 90 valence electrons. The third-order valence-corrected chi connectivity index (χ3v) is 3.99. The van der Waals surface area contributed by atoms with Crippen LogP contribution < -0.4 is 5.73 Å². The minimum absolute atomic E-state index is 0.133. The Labute approximate surface area is 97.0 Å². The highest BCUT2D eigenvalue weighted by Gasteiger charge is 2.14. The van der Waals surface area contributed by atoms with E-state index in [-0.39, 0.29) is 5.75 Å². The fourth-order valence-electron chi connectivity index (χ4n) is 1.29. The molecule has 0 amide bonds. The van der Waals surface area contributed by atoms with Crippen LogP contribution >= 0.6 is 0 Å². The predicted molar refractivity (Wildman–Crippen MR) is 64.9 cm³/mol. The summed E-state index contributed by atoms with van der Waals surface area (Å²) in [5, 5.41) is 0. The van der Waals surface area contributed by atoms with E-state index in [0.29, 0.717) is 18.0 Å². The standard InChI is InChI=1S/C11H18N2O2S/c1-13(2)6-7-16(14,15)11-5-3-4-10(8-11)9-12/h3-5,8H,6-7,9,12H2,1-2H3. The molecule has 0 atom stereocenters. The first-order valence-electron chi connectivity index (χ1n) is 5.12. The van der Waals surface area contributed by atoms with Crippen molar-refractivity contribution in [2.75, 3.05) is 26.4 Å². The summed E-state index contributed by atoms with van der Waals surface area (Å²) in [4.78, 5) is 2.21. The van der Waals surface area contributed by atoms with Crippen LogP contribution in [0.5, 0.6) is 0 Å². The van der Waals surface area contributed by atoms with Crippen LogP contribution in [-0.2, 0) is 16.4 Å². The maximum Gasteiger partial charge on any atom is 0.179 e. The number of rotatable bonds is 5. The van der Waals surface area contributed by atoms with E-state index in [2.05, 4.69) is 0 Å². The van der Waals surface area contributed by atoms with Crippen LogP contribution in [0.25, 0.3) is 0 Å². The van der Waals surface area contributed by atoms with Gasteiger partial charge in [-0.1, -0.05) is 12.1 Å². The second-order valence-electron chi connectivity index (χ2n) is 3.97. The van der Waals surface area contributed by atoms with Gasteiger partial charge in [0.1, 0.15) is 0 Å². The van der Waals surface area contributed by atoms with Crippen molar-refractivity contribution >= 4 is 9.84 Å². The van der Waals surface area contributed by atoms with E-state index in [9.17, 15) is 8.42 Å². The zero-order valence-corrected chi connectivity index (χ0v) is 10.5. The Hall–Kier alpha value is -0.910. The Morgan fingerprint density at radius 2 is 2.00 bits per heavy atom. The molecule has 2 N–H and O–H groups in total. The molecule has 0 spiro atoms. The van der Waals surface area contributed by atoms with Crippen molar-refractivity contribution in [1.29, 1.82) is 0 Å². The van der Waals surface area contributed by atoms with Crippen LogP contribution in [0, 0.1) is 0 Å². The molecular formula is C11H18N2O2S. The van der Waals surface area contributed by atoms with E-state index in [1.165, 1.54) is 0 Å². The van der Waals surface area contributed by atoms with E-state index in [1.807, 2.05) is 25.1 Å². The van der Waals surface area contributed by atoms with Gasteiger partial charge in [0.15, 0.2) is 9.84 Å². The van der Waals surface area contributed by atoms with E-state index in [4.69, 9.17) is 5.73 Å². The van der Waals surface area contributed by atoms with Gasteiger partial charge in [0.25, 0.3) is 0 Å². The summed E-state index contributed by atoms with van der Waals surface area (Å²) in [5.74, 6) is 0.133. The fraction of sp³-hybridized carbons (Fsp3) is 0.455. The van der Waals surface area contributed by atoms with E-state index < -0.39 is 9.84 Å². The third-order valence-electron chi connectivity index (χ3n) is 2.30. The second-order valence-corrected chi connectivity index (χ2v) is 6.08. The number of hydrogen-bond acceptors (Lipinski definition) is 4. The third kappa shape index (κ3) is 3.59. The topological polar surface area (TPSA) is 63.4 Å². The Balaban J connectivity index is 2.89. The zero-order valence-electron chi connectivity index (χ0n) is 9.68. The molecule has 0 aliphatic heterocycles. The maximum atomic E-state index is 11.9. The van der Waals surface area contributed by atoms with Crippen molar-refractivity contribution in [2.24, 2.45) is 5.73 Å². The largest absolute Gasteiger partial charge is 0.326 e. The highest BCUT2D eigenvalue weighted by molar-refractivity contribution is 7.91. The molecule has 1 rings (SSSR count). The number of nitrogens with zero attached hydrogens (tertiary/aromatic N) is 1. The number of hydrogen-bond donors (Lipinski definition) is 1. The summed E-state index contributed by atoms with van der Waals surface area (Å²) in [6.45, 7) is 0.881. The minimum atomic E-state index is -3.19. The van der Waals surface area contributed by atoms with Crippen LogP contribution in [0.3, 0.4) is 0 Å². The summed E-state index contributed by atoms with van der Waals surface area (Å²) >= 11 is 0. The second kappa shape index (κ2) is 5.43. The molecule has 0 fully saturated rings. The van der Waals surface area contributed by atoms with Crippen molar-refractivity contribution in [3.8, 4) is 0 Å². The Morgan fingerprint density at radius 3 is 2.56 bits per heavy atom. The summed E-state index contributed by atoms with van der Waals surface area (Å²) in [7, 11) is 0.521. The molecule has 0 heterocycles. The summed E-state index contributed by atoms with van der Waals surface area (Å²) in [6.07, 6.45) is 0. The lowest BCUT2D eigenvalue weighted by Gasteiger charge is -2.10. The molecule has 0 radical (unpaired) electrons. The van der Waals surface area contributed by atoms with Gasteiger partial charge in [-0.3, -0.25) is 0 Å². The Kier molecular flexibility index (Phi) is 4.46. The first kappa shape index (κ1) is 13.2. The van der Waals surface area contributed by atoms with Crippen LogP contribution in [0.2, 0.25) is 0 Å². The van der Waals surface area contributed by atoms with Crippen molar-refractivity contribution < 1.29 is 8.42 Å². The molecule has 1 aromatic rings. The molecule has 4 nitrogen and oxygen atoms in total. The number of sulfone groups is 1. The number of nitrogens with two attached hydrogens (primary N) is 1. The SMILES string of the molecule is CN(C)CCS(=O)(=O)c1cccc(CN)c1. The van der Waals surface area contributed by atoms with Gasteiger partial charge in [0, 0.05) is 13.1 Å². The Bertz CT molecular complexity index is 441. The average molecular weight is 242 g/mol. The smallest absolute Gasteiger partial charge is 0.179 e. The molecule has 16 heavy (non-hydrogen) atoms. The van der Waals surface area contributed by atoms with E-state index >= 15 is 0 Å². The fourth-order valence-corrected chi connectivity index (χ4v) is 2.74. The minimum Gasteiger partial charge on any atom is -0.326 e. The normalized spacial score (nSPS) is 12.0. The molecule has 5 heteroatoms. The molecule has 0 aromatic heterocycles. The Morgan fingerprint density at radius 1 is 1.31 bits per heavy atom. The monoisotopic (exact) mass is 242 g/mol. The van der Waals surface area contributed by atoms with Crippen LogP contribution in [-0.4, -0.2) is 39.7 Å². The average Bonchev–Trinajstić information content (AvgIpc) is 2.27. The molecule has 0 saturated heterocycles. The summed E-state index contributed by atoms with van der Waals surface area (Å²) in [5.41, 5.74) is 6.32. The lowest BCUT2D eigenvalue weighted by atomic mass is 10.2. The molecule has 1 aromatic carbocycles. The van der Waals surface area contributed by atoms with Gasteiger partial charge in [0.2, 0.25) is 0 Å². The lowest BCUT2D eigenvalue weighted by molar-refractivity contribution is 0.432. The van der Waals surface area contributed by atoms with Crippen LogP contribution in [0.4, 0.5) is 0 Å². The van der Waals surface area contributed by atoms with Crippen molar-refractivity contribution in [3.63, 3.8) is 0 Å². The molecule has 0 aliphatic carbocycles. The van der Waals surface area contributed by atoms with Gasteiger partial charge in [-0.05, 0) is 31.8 Å². The first-order chi connectivity index (χ1) is 7.45. The first-order valence-corrected chi connectivity index (χ1v) is 6.77. The quantitative estimate of drug-likeness (QED) is 0.816. The van der Waals surface area contributed by atoms with Gasteiger partial charge in [0.05, 0.1) is 10.6 Å². The van der Waals surface area contributed by atoms with Crippen LogP contribution in [0.1, 0.15) is 5.56 Å². The van der Waals surface area contributed by atoms with Gasteiger partial charge in [-0.2, -0.15) is 0 Å². The molecule has 0 saturated carbocycles. The van der Waals surface area contributed by atoms with Gasteiger partial charge in [-0.15, -0.1) is 0 Å². The molecule has 0 aliphatic rings. The zero-order chi connectivity index (χ0) is 12.2. The highest BCUT2D eigenvalue weighted by Crippen LogP contribution is 2.13. The van der Waals surface area contributed by atoms with Gasteiger partial charge in [-0.25, -0.2) is 8.42 Å². The van der Waals surface area contributed by atoms with E-state index in [0.717, 1.165) is 5.56 Å². The van der Waals surface area contributed by atoms with Crippen LogP contribution in [0.15, 0.2) is 29.2 Å². The maximum absolute atomic E-state index is 11.9. The predicted octanol–water partition coefficient (Wildman–Crippen LogP) is 0.481. The lowest BCUT2D eigenvalue weighted by Crippen LogP contribution is -2.22. The highest BCUT2D eigenvalue weighted by atomic mass is 32.2. The van der Waals surface area contributed by atoms with E-state index in [1.54, 1.807) is 18.2 Å².